The maximum absolute atomic E-state index is 12.3. The van der Waals surface area contributed by atoms with Crippen molar-refractivity contribution in [2.24, 2.45) is 5.92 Å². The molecule has 33 heavy (non-hydrogen) atoms. The first-order valence-corrected chi connectivity index (χ1v) is 11.8. The zero-order valence-corrected chi connectivity index (χ0v) is 19.1. The standard InChI is InChI=1S/C25H29ClF3NO3/c26-20-6-4-19(5-7-20)24(12-2-13-24)23(31)16-30-14-1-3-18(15-30)17-32-21-8-10-22(11-9-21)33-25(27,28)29/h4-11,18,23,31H,1-3,12-17H2. The van der Waals surface area contributed by atoms with Crippen molar-refractivity contribution in [1.82, 2.24) is 4.90 Å². The number of aliphatic hydroxyl groups is 1. The zero-order valence-electron chi connectivity index (χ0n) is 18.4. The van der Waals surface area contributed by atoms with Gasteiger partial charge in [-0.25, -0.2) is 0 Å². The molecule has 0 aromatic heterocycles. The molecule has 0 spiro atoms. The number of ether oxygens (including phenoxy) is 2. The Bertz CT molecular complexity index is 901. The average Bonchev–Trinajstić information content (AvgIpc) is 2.73. The predicted octanol–water partition coefficient (Wildman–Crippen LogP) is 5.81. The molecule has 0 amide bonds. The summed E-state index contributed by atoms with van der Waals surface area (Å²) in [5, 5.41) is 11.9. The first kappa shape index (κ1) is 24.2. The number of hydrogen-bond donors (Lipinski definition) is 1. The third kappa shape index (κ3) is 6.14. The molecule has 0 radical (unpaired) electrons. The first-order valence-electron chi connectivity index (χ1n) is 11.4. The average molecular weight is 484 g/mol. The molecule has 1 saturated carbocycles. The van der Waals surface area contributed by atoms with Crippen LogP contribution in [0, 0.1) is 5.92 Å². The third-order valence-corrected chi connectivity index (χ3v) is 7.13. The molecule has 2 aromatic carbocycles. The molecule has 1 N–H and O–H groups in total. The Labute approximate surface area is 197 Å². The summed E-state index contributed by atoms with van der Waals surface area (Å²) >= 11 is 6.05. The lowest BCUT2D eigenvalue weighted by molar-refractivity contribution is -0.274. The minimum absolute atomic E-state index is 0.200. The van der Waals surface area contributed by atoms with Gasteiger partial charge in [-0.2, -0.15) is 0 Å². The molecule has 1 heterocycles. The van der Waals surface area contributed by atoms with E-state index >= 15 is 0 Å². The summed E-state index contributed by atoms with van der Waals surface area (Å²) in [7, 11) is 0. The summed E-state index contributed by atoms with van der Waals surface area (Å²) in [4.78, 5) is 2.30. The number of alkyl halides is 3. The SMILES string of the molecule is OC(CN1CCCC(COc2ccc(OC(F)(F)F)cc2)C1)C1(c2ccc(Cl)cc2)CCC1. The van der Waals surface area contributed by atoms with Crippen molar-refractivity contribution in [1.29, 1.82) is 0 Å². The second-order valence-corrected chi connectivity index (χ2v) is 9.57. The highest BCUT2D eigenvalue weighted by molar-refractivity contribution is 6.30. The van der Waals surface area contributed by atoms with E-state index in [4.69, 9.17) is 16.3 Å². The van der Waals surface area contributed by atoms with E-state index in [1.165, 1.54) is 24.3 Å². The highest BCUT2D eigenvalue weighted by Gasteiger charge is 2.45. The molecule has 1 aliphatic heterocycles. The molecule has 0 bridgehead atoms. The Morgan fingerprint density at radius 1 is 1.03 bits per heavy atom. The van der Waals surface area contributed by atoms with Gasteiger partial charge >= 0.3 is 6.36 Å². The third-order valence-electron chi connectivity index (χ3n) is 6.88. The summed E-state index contributed by atoms with van der Waals surface area (Å²) in [6.07, 6.45) is -0.0491. The normalized spacial score (nSPS) is 21.8. The van der Waals surface area contributed by atoms with Crippen molar-refractivity contribution in [2.45, 2.75) is 50.0 Å². The number of benzene rings is 2. The maximum atomic E-state index is 12.3. The number of nitrogens with zero attached hydrogens (tertiary/aromatic N) is 1. The summed E-state index contributed by atoms with van der Waals surface area (Å²) in [5.41, 5.74) is 0.953. The maximum Gasteiger partial charge on any atom is 0.573 e. The lowest BCUT2D eigenvalue weighted by atomic mass is 9.61. The molecule has 4 rings (SSSR count). The van der Waals surface area contributed by atoms with Crippen molar-refractivity contribution in [3.8, 4) is 11.5 Å². The molecule has 2 atom stereocenters. The van der Waals surface area contributed by atoms with Crippen LogP contribution in [0.3, 0.4) is 0 Å². The highest BCUT2D eigenvalue weighted by atomic mass is 35.5. The molecule has 4 nitrogen and oxygen atoms in total. The quantitative estimate of drug-likeness (QED) is 0.514. The minimum Gasteiger partial charge on any atom is -0.493 e. The van der Waals surface area contributed by atoms with E-state index in [1.807, 2.05) is 24.3 Å². The van der Waals surface area contributed by atoms with E-state index in [1.54, 1.807) is 0 Å². The van der Waals surface area contributed by atoms with Crippen LogP contribution in [0.25, 0.3) is 0 Å². The van der Waals surface area contributed by atoms with Gasteiger partial charge in [0, 0.05) is 29.4 Å². The Hall–Kier alpha value is -1.96. The van der Waals surface area contributed by atoms with Gasteiger partial charge in [-0.1, -0.05) is 30.2 Å². The van der Waals surface area contributed by atoms with Crippen molar-refractivity contribution in [3.05, 3.63) is 59.1 Å². The van der Waals surface area contributed by atoms with Crippen LogP contribution >= 0.6 is 11.6 Å². The van der Waals surface area contributed by atoms with Crippen LogP contribution in [0.2, 0.25) is 5.02 Å². The van der Waals surface area contributed by atoms with E-state index in [0.29, 0.717) is 29.8 Å². The Kier molecular flexibility index (Phi) is 7.41. The second kappa shape index (κ2) is 10.1. The number of β-amino-alcohol motifs (C(OH)–C–C–N with tert-alkyl or cyclic N) is 1. The van der Waals surface area contributed by atoms with E-state index in [0.717, 1.165) is 50.8 Å². The van der Waals surface area contributed by atoms with Gasteiger partial charge in [0.1, 0.15) is 11.5 Å². The molecule has 8 heteroatoms. The smallest absolute Gasteiger partial charge is 0.493 e. The number of likely N-dealkylation sites (tertiary alicyclic amines) is 1. The summed E-state index contributed by atoms with van der Waals surface area (Å²) in [6.45, 7) is 2.85. The Morgan fingerprint density at radius 3 is 2.30 bits per heavy atom. The van der Waals surface area contributed by atoms with E-state index < -0.39 is 12.5 Å². The molecule has 2 aromatic rings. The largest absolute Gasteiger partial charge is 0.573 e. The highest BCUT2D eigenvalue weighted by Crippen LogP contribution is 2.47. The molecule has 2 unspecified atom stereocenters. The Morgan fingerprint density at radius 2 is 1.70 bits per heavy atom. The number of halogens is 4. The first-order chi connectivity index (χ1) is 15.7. The molecular formula is C25H29ClF3NO3. The van der Waals surface area contributed by atoms with Crippen molar-refractivity contribution in [2.75, 3.05) is 26.2 Å². The van der Waals surface area contributed by atoms with Crippen LogP contribution in [0.4, 0.5) is 13.2 Å². The topological polar surface area (TPSA) is 41.9 Å². The van der Waals surface area contributed by atoms with Crippen molar-refractivity contribution >= 4 is 11.6 Å². The number of piperidine rings is 1. The van der Waals surface area contributed by atoms with Crippen molar-refractivity contribution < 1.29 is 27.8 Å². The van der Waals surface area contributed by atoms with Crippen LogP contribution < -0.4 is 9.47 Å². The number of hydrogen-bond acceptors (Lipinski definition) is 4. The van der Waals surface area contributed by atoms with Crippen LogP contribution in [-0.2, 0) is 5.41 Å². The summed E-state index contributed by atoms with van der Waals surface area (Å²) in [6, 6.07) is 13.3. The monoisotopic (exact) mass is 483 g/mol. The molecule has 1 aliphatic carbocycles. The van der Waals surface area contributed by atoms with Gasteiger partial charge < -0.3 is 19.5 Å². The zero-order chi connectivity index (χ0) is 23.5. The Balaban J connectivity index is 1.29. The molecule has 2 fully saturated rings. The van der Waals surface area contributed by atoms with Gasteiger partial charge in [0.25, 0.3) is 0 Å². The summed E-state index contributed by atoms with van der Waals surface area (Å²) < 4.78 is 46.6. The fourth-order valence-electron chi connectivity index (χ4n) is 4.98. The summed E-state index contributed by atoms with van der Waals surface area (Å²) in [5.74, 6) is 0.543. The van der Waals surface area contributed by atoms with Crippen LogP contribution in [0.15, 0.2) is 48.5 Å². The number of rotatable bonds is 8. The van der Waals surface area contributed by atoms with E-state index in [2.05, 4.69) is 9.64 Å². The minimum atomic E-state index is -4.70. The molecule has 180 valence electrons. The van der Waals surface area contributed by atoms with Gasteiger partial charge in [0.2, 0.25) is 0 Å². The van der Waals surface area contributed by atoms with Crippen LogP contribution in [-0.4, -0.2) is 48.7 Å². The second-order valence-electron chi connectivity index (χ2n) is 9.13. The lowest BCUT2D eigenvalue weighted by Crippen LogP contribution is -2.52. The predicted molar refractivity (Wildman–Crippen MR) is 121 cm³/mol. The number of aliphatic hydroxyl groups excluding tert-OH is 1. The van der Waals surface area contributed by atoms with E-state index in [-0.39, 0.29) is 11.2 Å². The fraction of sp³-hybridized carbons (Fsp3) is 0.520. The van der Waals surface area contributed by atoms with Gasteiger partial charge in [0.05, 0.1) is 12.7 Å². The molecular weight excluding hydrogens is 455 g/mol. The van der Waals surface area contributed by atoms with E-state index in [9.17, 15) is 18.3 Å². The van der Waals surface area contributed by atoms with Crippen molar-refractivity contribution in [3.63, 3.8) is 0 Å². The fourth-order valence-corrected chi connectivity index (χ4v) is 5.10. The van der Waals surface area contributed by atoms with Gasteiger partial charge in [-0.15, -0.1) is 13.2 Å². The molecule has 1 saturated heterocycles. The van der Waals surface area contributed by atoms with Crippen LogP contribution in [0.5, 0.6) is 11.5 Å². The molecule has 2 aliphatic rings. The van der Waals surface area contributed by atoms with Crippen LogP contribution in [0.1, 0.15) is 37.7 Å². The lowest BCUT2D eigenvalue weighted by Gasteiger charge is -2.48. The van der Waals surface area contributed by atoms with Gasteiger partial charge in [-0.3, -0.25) is 0 Å². The van der Waals surface area contributed by atoms with Gasteiger partial charge in [-0.05, 0) is 74.2 Å². The van der Waals surface area contributed by atoms with Gasteiger partial charge in [0.15, 0.2) is 0 Å².